The van der Waals surface area contributed by atoms with Crippen molar-refractivity contribution >= 4 is 21.6 Å². The lowest BCUT2D eigenvalue weighted by molar-refractivity contribution is -0.384. The quantitative estimate of drug-likeness (QED) is 0.491. The highest BCUT2D eigenvalue weighted by Gasteiger charge is 2.22. The minimum absolute atomic E-state index is 0.0168. The summed E-state index contributed by atoms with van der Waals surface area (Å²) in [7, 11) is -2.36. The van der Waals surface area contributed by atoms with Gasteiger partial charge in [-0.2, -0.15) is 0 Å². The summed E-state index contributed by atoms with van der Waals surface area (Å²) >= 11 is 0. The Morgan fingerprint density at radius 3 is 2.48 bits per heavy atom. The Balaban J connectivity index is 2.03. The van der Waals surface area contributed by atoms with E-state index in [4.69, 9.17) is 4.74 Å². The van der Waals surface area contributed by atoms with Crippen molar-refractivity contribution in [2.45, 2.75) is 24.8 Å². The van der Waals surface area contributed by atoms with Gasteiger partial charge in [-0.05, 0) is 43.7 Å². The zero-order chi connectivity index (χ0) is 21.6. The van der Waals surface area contributed by atoms with Gasteiger partial charge in [-0.15, -0.1) is 0 Å². The molecule has 0 radical (unpaired) electrons. The number of carbonyl (C=O) groups excluding carboxylic acids is 1. The molecular weight excluding hydrogens is 398 g/mol. The van der Waals surface area contributed by atoms with Crippen molar-refractivity contribution in [1.29, 1.82) is 0 Å². The number of rotatable bonds is 9. The molecule has 2 rings (SSSR count). The monoisotopic (exact) mass is 421 g/mol. The number of hydrogen-bond acceptors (Lipinski definition) is 6. The molecule has 0 bridgehead atoms. The standard InChI is InChI=1S/C19H23N3O6S/c1-4-28-17-8-10-18(11-9-17)29(26,27)20-13-19(23)21(3)14(2)15-6-5-7-16(12-15)22(24)25/h5-12,14,20H,4,13H2,1-3H3/t14-/m0/s1. The highest BCUT2D eigenvalue weighted by molar-refractivity contribution is 7.89. The molecule has 9 nitrogen and oxygen atoms in total. The molecule has 156 valence electrons. The number of nitro benzene ring substituents is 1. The Hall–Kier alpha value is -2.98. The highest BCUT2D eigenvalue weighted by Crippen LogP contribution is 2.23. The van der Waals surface area contributed by atoms with E-state index in [1.165, 1.54) is 54.4 Å². The van der Waals surface area contributed by atoms with Crippen molar-refractivity contribution in [1.82, 2.24) is 9.62 Å². The Morgan fingerprint density at radius 1 is 1.24 bits per heavy atom. The molecule has 0 unspecified atom stereocenters. The fourth-order valence-electron chi connectivity index (χ4n) is 2.58. The molecule has 0 saturated carbocycles. The van der Waals surface area contributed by atoms with Gasteiger partial charge in [0.15, 0.2) is 0 Å². The van der Waals surface area contributed by atoms with Crippen LogP contribution < -0.4 is 9.46 Å². The van der Waals surface area contributed by atoms with E-state index in [0.717, 1.165) is 0 Å². The molecule has 0 saturated heterocycles. The molecule has 2 aromatic rings. The second-order valence-corrected chi connectivity index (χ2v) is 8.03. The largest absolute Gasteiger partial charge is 0.494 e. The summed E-state index contributed by atoms with van der Waals surface area (Å²) in [6.07, 6.45) is 0. The van der Waals surface area contributed by atoms with Gasteiger partial charge in [0.2, 0.25) is 15.9 Å². The van der Waals surface area contributed by atoms with Gasteiger partial charge in [0.1, 0.15) is 5.75 Å². The number of nitro groups is 1. The molecule has 0 heterocycles. The average molecular weight is 421 g/mol. The molecule has 10 heteroatoms. The lowest BCUT2D eigenvalue weighted by atomic mass is 10.1. The number of non-ortho nitro benzene ring substituents is 1. The topological polar surface area (TPSA) is 119 Å². The fraction of sp³-hybridized carbons (Fsp3) is 0.316. The van der Waals surface area contributed by atoms with E-state index in [0.29, 0.717) is 17.9 Å². The molecule has 1 atom stereocenters. The smallest absolute Gasteiger partial charge is 0.269 e. The van der Waals surface area contributed by atoms with Crippen LogP contribution in [0.1, 0.15) is 25.5 Å². The van der Waals surface area contributed by atoms with E-state index in [-0.39, 0.29) is 10.6 Å². The van der Waals surface area contributed by atoms with E-state index in [2.05, 4.69) is 4.72 Å². The number of sulfonamides is 1. The number of hydrogen-bond donors (Lipinski definition) is 1. The van der Waals surface area contributed by atoms with Gasteiger partial charge in [-0.25, -0.2) is 13.1 Å². The molecule has 1 N–H and O–H groups in total. The number of ether oxygens (including phenoxy) is 1. The minimum Gasteiger partial charge on any atom is -0.494 e. The number of carbonyl (C=O) groups is 1. The molecule has 1 amide bonds. The van der Waals surface area contributed by atoms with Crippen LogP contribution in [-0.4, -0.2) is 44.3 Å². The predicted molar refractivity (Wildman–Crippen MR) is 107 cm³/mol. The van der Waals surface area contributed by atoms with Crippen LogP contribution in [0.3, 0.4) is 0 Å². The van der Waals surface area contributed by atoms with Crippen LogP contribution in [0.25, 0.3) is 0 Å². The van der Waals surface area contributed by atoms with E-state index in [1.54, 1.807) is 13.0 Å². The summed E-state index contributed by atoms with van der Waals surface area (Å²) in [5, 5.41) is 10.9. The van der Waals surface area contributed by atoms with Gasteiger partial charge in [0.05, 0.1) is 29.0 Å². The number of nitrogens with zero attached hydrogens (tertiary/aromatic N) is 2. The molecule has 29 heavy (non-hydrogen) atoms. The van der Waals surface area contributed by atoms with E-state index in [1.807, 2.05) is 6.92 Å². The summed E-state index contributed by atoms with van der Waals surface area (Å²) < 4.78 is 32.3. The van der Waals surface area contributed by atoms with Crippen LogP contribution in [0, 0.1) is 10.1 Å². The van der Waals surface area contributed by atoms with Crippen LogP contribution in [0.15, 0.2) is 53.4 Å². The highest BCUT2D eigenvalue weighted by atomic mass is 32.2. The maximum absolute atomic E-state index is 12.4. The first-order valence-corrected chi connectivity index (χ1v) is 10.4. The van der Waals surface area contributed by atoms with Crippen LogP contribution >= 0.6 is 0 Å². The minimum atomic E-state index is -3.87. The van der Waals surface area contributed by atoms with Crippen molar-refractivity contribution in [2.75, 3.05) is 20.2 Å². The second kappa shape index (κ2) is 9.48. The molecular formula is C19H23N3O6S. The zero-order valence-electron chi connectivity index (χ0n) is 16.4. The maximum Gasteiger partial charge on any atom is 0.269 e. The van der Waals surface area contributed by atoms with Crippen molar-refractivity contribution in [3.63, 3.8) is 0 Å². The fourth-order valence-corrected chi connectivity index (χ4v) is 3.56. The Kier molecular flexibility index (Phi) is 7.29. The van der Waals surface area contributed by atoms with E-state index in [9.17, 15) is 23.3 Å². The predicted octanol–water partition coefficient (Wildman–Crippen LogP) is 2.49. The van der Waals surface area contributed by atoms with Crippen molar-refractivity contribution in [3.05, 3.63) is 64.2 Å². The number of amides is 1. The third kappa shape index (κ3) is 5.75. The first-order valence-electron chi connectivity index (χ1n) is 8.88. The maximum atomic E-state index is 12.4. The Morgan fingerprint density at radius 2 is 1.90 bits per heavy atom. The van der Waals surface area contributed by atoms with Gasteiger partial charge in [-0.1, -0.05) is 12.1 Å². The number of likely N-dealkylation sites (N-methyl/N-ethyl adjacent to an activating group) is 1. The molecule has 0 aromatic heterocycles. The Labute approximate surface area is 169 Å². The molecule has 0 fully saturated rings. The van der Waals surface area contributed by atoms with E-state index >= 15 is 0 Å². The molecule has 0 aliphatic heterocycles. The summed E-state index contributed by atoms with van der Waals surface area (Å²) in [5.74, 6) is 0.0755. The van der Waals surface area contributed by atoms with Gasteiger partial charge < -0.3 is 9.64 Å². The van der Waals surface area contributed by atoms with Gasteiger partial charge in [0.25, 0.3) is 5.69 Å². The van der Waals surface area contributed by atoms with Gasteiger partial charge in [0, 0.05) is 19.2 Å². The van der Waals surface area contributed by atoms with Crippen LogP contribution in [-0.2, 0) is 14.8 Å². The summed E-state index contributed by atoms with van der Waals surface area (Å²) in [6, 6.07) is 11.4. The SMILES string of the molecule is CCOc1ccc(S(=O)(=O)NCC(=O)N(C)[C@@H](C)c2cccc([N+](=O)[O-])c2)cc1. The Bertz CT molecular complexity index is 976. The third-order valence-corrected chi connectivity index (χ3v) is 5.81. The normalized spacial score (nSPS) is 12.2. The molecule has 0 aliphatic carbocycles. The lowest BCUT2D eigenvalue weighted by Gasteiger charge is -2.25. The average Bonchev–Trinajstić information content (AvgIpc) is 2.71. The number of nitrogens with one attached hydrogen (secondary N) is 1. The van der Waals surface area contributed by atoms with E-state index < -0.39 is 33.4 Å². The van der Waals surface area contributed by atoms with Crippen molar-refractivity contribution in [2.24, 2.45) is 0 Å². The molecule has 2 aromatic carbocycles. The summed E-state index contributed by atoms with van der Waals surface area (Å²) in [5.41, 5.74) is 0.496. The van der Waals surface area contributed by atoms with Gasteiger partial charge >= 0.3 is 0 Å². The zero-order valence-corrected chi connectivity index (χ0v) is 17.2. The van der Waals surface area contributed by atoms with Crippen molar-refractivity contribution in [3.8, 4) is 5.75 Å². The molecule has 0 aliphatic rings. The second-order valence-electron chi connectivity index (χ2n) is 6.26. The van der Waals surface area contributed by atoms with Crippen LogP contribution in [0.5, 0.6) is 5.75 Å². The number of benzene rings is 2. The van der Waals surface area contributed by atoms with Gasteiger partial charge in [-0.3, -0.25) is 14.9 Å². The summed E-state index contributed by atoms with van der Waals surface area (Å²) in [4.78, 5) is 24.2. The van der Waals surface area contributed by atoms with Crippen LogP contribution in [0.2, 0.25) is 0 Å². The van der Waals surface area contributed by atoms with Crippen LogP contribution in [0.4, 0.5) is 5.69 Å². The third-order valence-electron chi connectivity index (χ3n) is 4.40. The first kappa shape index (κ1) is 22.3. The van der Waals surface area contributed by atoms with Crippen molar-refractivity contribution < 1.29 is 22.9 Å². The molecule has 0 spiro atoms. The summed E-state index contributed by atoms with van der Waals surface area (Å²) in [6.45, 7) is 3.56. The first-order chi connectivity index (χ1) is 13.7. The lowest BCUT2D eigenvalue weighted by Crippen LogP contribution is -2.39.